The fourth-order valence-corrected chi connectivity index (χ4v) is 2.47. The maximum absolute atomic E-state index is 12.4. The van der Waals surface area contributed by atoms with Gasteiger partial charge in [-0.3, -0.25) is 4.79 Å². The van der Waals surface area contributed by atoms with Crippen molar-refractivity contribution in [2.24, 2.45) is 11.8 Å². The predicted molar refractivity (Wildman–Crippen MR) is 85.0 cm³/mol. The molecule has 1 aliphatic rings. The Morgan fingerprint density at radius 1 is 1.38 bits per heavy atom. The number of nitrogens with two attached hydrogens (primary N) is 1. The summed E-state index contributed by atoms with van der Waals surface area (Å²) < 4.78 is 0. The molecule has 116 valence electrons. The molecule has 1 aliphatic carbocycles. The minimum absolute atomic E-state index is 0.0567. The van der Waals surface area contributed by atoms with Gasteiger partial charge in [0.05, 0.1) is 0 Å². The van der Waals surface area contributed by atoms with Crippen molar-refractivity contribution < 1.29 is 4.79 Å². The monoisotopic (exact) mass is 290 g/mol. The summed E-state index contributed by atoms with van der Waals surface area (Å²) in [5.41, 5.74) is 3.86. The number of nitrogens with one attached hydrogen (secondary N) is 2. The number of hydrazine groups is 1. The Morgan fingerprint density at radius 2 is 2.05 bits per heavy atom. The topological polar surface area (TPSA) is 80.0 Å². The summed E-state index contributed by atoms with van der Waals surface area (Å²) in [4.78, 5) is 16.9. The van der Waals surface area contributed by atoms with Crippen LogP contribution in [0.25, 0.3) is 0 Å². The second-order valence-corrected chi connectivity index (χ2v) is 6.97. The normalized spacial score (nSPS) is 17.0. The van der Waals surface area contributed by atoms with E-state index in [-0.39, 0.29) is 17.4 Å². The molecule has 0 aromatic carbocycles. The highest BCUT2D eigenvalue weighted by atomic mass is 16.1. The van der Waals surface area contributed by atoms with Gasteiger partial charge in [0.25, 0.3) is 5.91 Å². The van der Waals surface area contributed by atoms with Gasteiger partial charge in [-0.1, -0.05) is 27.2 Å². The molecule has 1 heterocycles. The Balaban J connectivity index is 2.19. The molecule has 1 saturated carbocycles. The van der Waals surface area contributed by atoms with E-state index in [2.05, 4.69) is 43.4 Å². The minimum atomic E-state index is -0.137. The maximum atomic E-state index is 12.4. The van der Waals surface area contributed by atoms with Crippen molar-refractivity contribution in [1.82, 2.24) is 10.3 Å². The first-order valence-electron chi connectivity index (χ1n) is 7.61. The van der Waals surface area contributed by atoms with Crippen molar-refractivity contribution in [3.05, 3.63) is 23.4 Å². The number of hydrogen-bond acceptors (Lipinski definition) is 4. The van der Waals surface area contributed by atoms with Gasteiger partial charge >= 0.3 is 0 Å². The molecule has 2 rings (SSSR count). The predicted octanol–water partition coefficient (Wildman–Crippen LogP) is 2.58. The number of anilines is 1. The van der Waals surface area contributed by atoms with E-state index < -0.39 is 0 Å². The highest BCUT2D eigenvalue weighted by molar-refractivity contribution is 5.95. The molecule has 5 nitrogen and oxygen atoms in total. The third kappa shape index (κ3) is 3.73. The van der Waals surface area contributed by atoms with Crippen LogP contribution in [-0.2, 0) is 5.41 Å². The number of pyridine rings is 1. The van der Waals surface area contributed by atoms with E-state index in [1.165, 1.54) is 19.3 Å². The first kappa shape index (κ1) is 15.8. The summed E-state index contributed by atoms with van der Waals surface area (Å²) >= 11 is 0. The Morgan fingerprint density at radius 3 is 2.52 bits per heavy atom. The van der Waals surface area contributed by atoms with Crippen molar-refractivity contribution in [2.75, 3.05) is 5.43 Å². The molecule has 21 heavy (non-hydrogen) atoms. The van der Waals surface area contributed by atoms with E-state index >= 15 is 0 Å². The van der Waals surface area contributed by atoms with Crippen molar-refractivity contribution in [2.45, 2.75) is 58.4 Å². The summed E-state index contributed by atoms with van der Waals surface area (Å²) in [6, 6.07) is 3.76. The van der Waals surface area contributed by atoms with Crippen LogP contribution < -0.4 is 16.6 Å². The minimum Gasteiger partial charge on any atom is -0.349 e. The van der Waals surface area contributed by atoms with E-state index in [9.17, 15) is 4.79 Å². The van der Waals surface area contributed by atoms with Crippen molar-refractivity contribution >= 4 is 11.7 Å². The fraction of sp³-hybridized carbons (Fsp3) is 0.625. The molecule has 1 aromatic heterocycles. The van der Waals surface area contributed by atoms with Crippen molar-refractivity contribution in [3.63, 3.8) is 0 Å². The van der Waals surface area contributed by atoms with Gasteiger partial charge in [0, 0.05) is 22.7 Å². The summed E-state index contributed by atoms with van der Waals surface area (Å²) in [7, 11) is 0. The summed E-state index contributed by atoms with van der Waals surface area (Å²) in [5, 5.41) is 3.09. The number of nitrogens with zero attached hydrogens (tertiary/aromatic N) is 1. The van der Waals surface area contributed by atoms with Crippen LogP contribution in [0.2, 0.25) is 0 Å². The first-order valence-corrected chi connectivity index (χ1v) is 7.61. The van der Waals surface area contributed by atoms with Gasteiger partial charge in [0.15, 0.2) is 0 Å². The Kier molecular flexibility index (Phi) is 4.52. The number of aromatic nitrogens is 1. The van der Waals surface area contributed by atoms with Gasteiger partial charge < -0.3 is 10.7 Å². The van der Waals surface area contributed by atoms with Gasteiger partial charge in [0.1, 0.15) is 5.82 Å². The molecule has 1 fully saturated rings. The Labute approximate surface area is 126 Å². The van der Waals surface area contributed by atoms with Gasteiger partial charge in [-0.05, 0) is 37.8 Å². The zero-order valence-electron chi connectivity index (χ0n) is 13.4. The number of carbonyl (C=O) groups is 1. The lowest BCUT2D eigenvalue weighted by molar-refractivity contribution is 0.0909. The third-order valence-electron chi connectivity index (χ3n) is 4.22. The fourth-order valence-electron chi connectivity index (χ4n) is 2.47. The Hall–Kier alpha value is -1.62. The molecule has 0 saturated heterocycles. The maximum Gasteiger partial charge on any atom is 0.251 e. The number of nitrogen functional groups attached to an aromatic ring is 1. The zero-order valence-corrected chi connectivity index (χ0v) is 13.4. The number of amides is 1. The van der Waals surface area contributed by atoms with E-state index in [0.29, 0.717) is 17.3 Å². The quantitative estimate of drug-likeness (QED) is 0.588. The SMILES string of the molecule is CC(NC(=O)c1cc(NN)nc(C(C)(C)C)c1)C1CCC1. The molecule has 0 bridgehead atoms. The molecule has 4 N–H and O–H groups in total. The lowest BCUT2D eigenvalue weighted by Gasteiger charge is -2.32. The molecule has 0 aliphatic heterocycles. The van der Waals surface area contributed by atoms with E-state index in [0.717, 1.165) is 5.69 Å². The molecule has 1 aromatic rings. The van der Waals surface area contributed by atoms with Crippen molar-refractivity contribution in [1.29, 1.82) is 0 Å². The second-order valence-electron chi connectivity index (χ2n) is 6.97. The summed E-state index contributed by atoms with van der Waals surface area (Å²) in [6.45, 7) is 8.27. The van der Waals surface area contributed by atoms with Gasteiger partial charge in [-0.25, -0.2) is 10.8 Å². The number of hydrogen-bond donors (Lipinski definition) is 3. The van der Waals surface area contributed by atoms with Gasteiger partial charge in [-0.15, -0.1) is 0 Å². The Bertz CT molecular complexity index is 517. The van der Waals surface area contributed by atoms with E-state index in [4.69, 9.17) is 5.84 Å². The van der Waals surface area contributed by atoms with Crippen LogP contribution in [0.4, 0.5) is 5.82 Å². The molecular weight excluding hydrogens is 264 g/mol. The second kappa shape index (κ2) is 6.02. The molecule has 0 radical (unpaired) electrons. The van der Waals surface area contributed by atoms with Crippen LogP contribution in [0.15, 0.2) is 12.1 Å². The van der Waals surface area contributed by atoms with Gasteiger partial charge in [0.2, 0.25) is 0 Å². The largest absolute Gasteiger partial charge is 0.349 e. The highest BCUT2D eigenvalue weighted by Gasteiger charge is 2.26. The van der Waals surface area contributed by atoms with Gasteiger partial charge in [-0.2, -0.15) is 0 Å². The van der Waals surface area contributed by atoms with E-state index in [1.807, 2.05) is 6.07 Å². The van der Waals surface area contributed by atoms with Crippen LogP contribution in [0.3, 0.4) is 0 Å². The lowest BCUT2D eigenvalue weighted by atomic mass is 9.80. The van der Waals surface area contributed by atoms with Crippen LogP contribution >= 0.6 is 0 Å². The van der Waals surface area contributed by atoms with Crippen LogP contribution in [0, 0.1) is 5.92 Å². The van der Waals surface area contributed by atoms with Crippen LogP contribution in [-0.4, -0.2) is 16.9 Å². The molecule has 0 spiro atoms. The zero-order chi connectivity index (χ0) is 15.6. The number of rotatable bonds is 4. The summed E-state index contributed by atoms with van der Waals surface area (Å²) in [5.74, 6) is 6.54. The molecular formula is C16H26N4O. The van der Waals surface area contributed by atoms with Crippen molar-refractivity contribution in [3.8, 4) is 0 Å². The standard InChI is InChI=1S/C16H26N4O/c1-10(11-6-5-7-11)18-15(21)12-8-13(16(2,3)4)19-14(9-12)20-17/h8-11H,5-7,17H2,1-4H3,(H,18,21)(H,19,20). The van der Waals surface area contributed by atoms with Crippen LogP contribution in [0.1, 0.15) is 63.0 Å². The highest BCUT2D eigenvalue weighted by Crippen LogP contribution is 2.29. The number of carbonyl (C=O) groups excluding carboxylic acids is 1. The lowest BCUT2D eigenvalue weighted by Crippen LogP contribution is -2.40. The average molecular weight is 290 g/mol. The van der Waals surface area contributed by atoms with E-state index in [1.54, 1.807) is 6.07 Å². The molecule has 5 heteroatoms. The smallest absolute Gasteiger partial charge is 0.251 e. The molecule has 1 atom stereocenters. The molecule has 1 amide bonds. The third-order valence-corrected chi connectivity index (χ3v) is 4.22. The first-order chi connectivity index (χ1) is 9.81. The average Bonchev–Trinajstić information content (AvgIpc) is 2.34. The summed E-state index contributed by atoms with van der Waals surface area (Å²) in [6.07, 6.45) is 3.69. The molecule has 1 unspecified atom stereocenters. The van der Waals surface area contributed by atoms with Crippen LogP contribution in [0.5, 0.6) is 0 Å².